The number of hydrogen-bond acceptors (Lipinski definition) is 5. The van der Waals surface area contributed by atoms with Gasteiger partial charge in [-0.05, 0) is 43.7 Å². The van der Waals surface area contributed by atoms with Crippen LogP contribution in [0.4, 0.5) is 5.69 Å². The lowest BCUT2D eigenvalue weighted by Crippen LogP contribution is -2.44. The second-order valence-electron chi connectivity index (χ2n) is 6.37. The Labute approximate surface area is 154 Å². The number of anilines is 1. The second kappa shape index (κ2) is 9.01. The van der Waals surface area contributed by atoms with Gasteiger partial charge >= 0.3 is 5.97 Å². The van der Waals surface area contributed by atoms with Crippen molar-refractivity contribution in [3.63, 3.8) is 0 Å². The van der Waals surface area contributed by atoms with Crippen LogP contribution in [0.1, 0.15) is 35.8 Å². The van der Waals surface area contributed by atoms with Crippen LogP contribution in [-0.2, 0) is 9.53 Å². The van der Waals surface area contributed by atoms with Crippen LogP contribution < -0.4 is 15.8 Å². The molecule has 0 bridgehead atoms. The number of nitrogens with one attached hydrogen (secondary N) is 2. The number of ether oxygens (including phenoxy) is 1. The third-order valence-electron chi connectivity index (χ3n) is 3.70. The van der Waals surface area contributed by atoms with Crippen molar-refractivity contribution >= 4 is 17.6 Å². The summed E-state index contributed by atoms with van der Waals surface area (Å²) in [6, 6.07) is 15.5. The van der Waals surface area contributed by atoms with E-state index in [9.17, 15) is 9.59 Å². The van der Waals surface area contributed by atoms with Crippen LogP contribution in [-0.4, -0.2) is 32.1 Å². The Bertz CT molecular complexity index is 728. The number of amides is 1. The molecule has 0 fully saturated rings. The minimum Gasteiger partial charge on any atom is -0.462 e. The summed E-state index contributed by atoms with van der Waals surface area (Å²) < 4.78 is 5.32. The molecule has 0 radical (unpaired) electrons. The molecule has 0 heterocycles. The highest BCUT2D eigenvalue weighted by Gasteiger charge is 2.24. The van der Waals surface area contributed by atoms with E-state index in [1.165, 1.54) is 0 Å². The van der Waals surface area contributed by atoms with Crippen molar-refractivity contribution in [3.8, 4) is 0 Å². The summed E-state index contributed by atoms with van der Waals surface area (Å²) in [6.45, 7) is 3.57. The van der Waals surface area contributed by atoms with Gasteiger partial charge < -0.3 is 9.64 Å². The second-order valence-corrected chi connectivity index (χ2v) is 6.37. The van der Waals surface area contributed by atoms with Crippen molar-refractivity contribution in [2.75, 3.05) is 19.0 Å². The smallest absolute Gasteiger partial charge is 0.329 e. The van der Waals surface area contributed by atoms with Gasteiger partial charge in [0.05, 0.1) is 6.10 Å². The van der Waals surface area contributed by atoms with Crippen molar-refractivity contribution in [1.29, 1.82) is 0 Å². The van der Waals surface area contributed by atoms with Crippen molar-refractivity contribution in [1.82, 2.24) is 10.9 Å². The molecular weight excluding hydrogens is 330 g/mol. The first-order chi connectivity index (χ1) is 12.4. The molecule has 0 aliphatic rings. The topological polar surface area (TPSA) is 70.7 Å². The summed E-state index contributed by atoms with van der Waals surface area (Å²) in [4.78, 5) is 26.7. The van der Waals surface area contributed by atoms with E-state index in [1.807, 2.05) is 49.3 Å². The van der Waals surface area contributed by atoms with E-state index >= 15 is 0 Å². The molecule has 0 aromatic heterocycles. The normalized spacial score (nSPS) is 11.7. The van der Waals surface area contributed by atoms with Crippen molar-refractivity contribution < 1.29 is 14.3 Å². The van der Waals surface area contributed by atoms with Crippen molar-refractivity contribution in [3.05, 3.63) is 65.7 Å². The van der Waals surface area contributed by atoms with Gasteiger partial charge in [0, 0.05) is 25.3 Å². The van der Waals surface area contributed by atoms with Crippen LogP contribution in [0.5, 0.6) is 0 Å². The molecule has 6 heteroatoms. The lowest BCUT2D eigenvalue weighted by Gasteiger charge is -2.21. The Balaban J connectivity index is 2.15. The molecule has 0 unspecified atom stereocenters. The lowest BCUT2D eigenvalue weighted by atomic mass is 10.1. The fraction of sp³-hybridized carbons (Fsp3) is 0.300. The monoisotopic (exact) mass is 355 g/mol. The highest BCUT2D eigenvalue weighted by molar-refractivity contribution is 5.94. The fourth-order valence-electron chi connectivity index (χ4n) is 2.34. The summed E-state index contributed by atoms with van der Waals surface area (Å²) in [5.74, 6) is -0.774. The van der Waals surface area contributed by atoms with E-state index in [4.69, 9.17) is 4.74 Å². The van der Waals surface area contributed by atoms with Crippen LogP contribution in [0, 0.1) is 0 Å². The van der Waals surface area contributed by atoms with Gasteiger partial charge in [-0.3, -0.25) is 10.2 Å². The lowest BCUT2D eigenvalue weighted by molar-refractivity contribution is -0.150. The van der Waals surface area contributed by atoms with Crippen molar-refractivity contribution in [2.45, 2.75) is 26.0 Å². The Hall–Kier alpha value is -2.86. The first kappa shape index (κ1) is 19.5. The van der Waals surface area contributed by atoms with E-state index < -0.39 is 12.0 Å². The van der Waals surface area contributed by atoms with Crippen molar-refractivity contribution in [2.24, 2.45) is 0 Å². The van der Waals surface area contributed by atoms with Gasteiger partial charge in [0.2, 0.25) is 0 Å². The Morgan fingerprint density at radius 3 is 2.12 bits per heavy atom. The molecule has 138 valence electrons. The van der Waals surface area contributed by atoms with Gasteiger partial charge in [0.25, 0.3) is 5.91 Å². The third kappa shape index (κ3) is 5.32. The molecule has 1 amide bonds. The summed E-state index contributed by atoms with van der Waals surface area (Å²) >= 11 is 0. The first-order valence-corrected chi connectivity index (χ1v) is 8.47. The average molecular weight is 355 g/mol. The third-order valence-corrected chi connectivity index (χ3v) is 3.70. The molecule has 2 aromatic carbocycles. The summed E-state index contributed by atoms with van der Waals surface area (Å²) in [6.07, 6.45) is -0.252. The molecule has 26 heavy (non-hydrogen) atoms. The van der Waals surface area contributed by atoms with E-state index in [-0.39, 0.29) is 12.0 Å². The Kier molecular flexibility index (Phi) is 6.74. The summed E-state index contributed by atoms with van der Waals surface area (Å²) in [5, 5.41) is 0. The predicted molar refractivity (Wildman–Crippen MR) is 102 cm³/mol. The molecule has 1 atom stereocenters. The van der Waals surface area contributed by atoms with Gasteiger partial charge in [-0.1, -0.05) is 30.3 Å². The minimum atomic E-state index is -0.804. The number of hydrogen-bond donors (Lipinski definition) is 2. The zero-order valence-electron chi connectivity index (χ0n) is 15.5. The SMILES string of the molecule is CC(C)OC(=O)[C@@H](NNC(=O)c1ccccc1)c1ccc(N(C)C)cc1. The van der Waals surface area contributed by atoms with Gasteiger partial charge in [0.15, 0.2) is 0 Å². The molecule has 2 N–H and O–H groups in total. The van der Waals surface area contributed by atoms with Crippen LogP contribution >= 0.6 is 0 Å². The largest absolute Gasteiger partial charge is 0.462 e. The number of benzene rings is 2. The van der Waals surface area contributed by atoms with E-state index in [0.717, 1.165) is 5.69 Å². The Morgan fingerprint density at radius 2 is 1.58 bits per heavy atom. The van der Waals surface area contributed by atoms with Gasteiger partial charge in [0.1, 0.15) is 6.04 Å². The minimum absolute atomic E-state index is 0.252. The maximum absolute atomic E-state index is 12.5. The maximum Gasteiger partial charge on any atom is 0.329 e. The molecule has 2 rings (SSSR count). The number of hydrazine groups is 1. The van der Waals surface area contributed by atoms with E-state index in [1.54, 1.807) is 38.1 Å². The number of rotatable bonds is 7. The maximum atomic E-state index is 12.5. The summed E-state index contributed by atoms with van der Waals surface area (Å²) in [7, 11) is 3.88. The van der Waals surface area contributed by atoms with Gasteiger partial charge in [-0.15, -0.1) is 0 Å². The zero-order chi connectivity index (χ0) is 19.1. The predicted octanol–water partition coefficient (Wildman–Crippen LogP) is 2.68. The number of carbonyl (C=O) groups is 2. The van der Waals surface area contributed by atoms with Crippen LogP contribution in [0.15, 0.2) is 54.6 Å². The quantitative estimate of drug-likeness (QED) is 0.590. The van der Waals surface area contributed by atoms with Crippen LogP contribution in [0.3, 0.4) is 0 Å². The Morgan fingerprint density at radius 1 is 0.962 bits per heavy atom. The molecule has 0 aliphatic carbocycles. The zero-order valence-corrected chi connectivity index (χ0v) is 15.5. The number of carbonyl (C=O) groups excluding carboxylic acids is 2. The van der Waals surface area contributed by atoms with Gasteiger partial charge in [-0.2, -0.15) is 0 Å². The van der Waals surface area contributed by atoms with E-state index in [0.29, 0.717) is 11.1 Å². The molecular formula is C20H25N3O3. The standard InChI is InChI=1S/C20H25N3O3/c1-14(2)26-20(25)18(15-10-12-17(13-11-15)23(3)4)21-22-19(24)16-8-6-5-7-9-16/h5-14,18,21H,1-4H3,(H,22,24)/t18-/m0/s1. The number of esters is 1. The molecule has 6 nitrogen and oxygen atoms in total. The van der Waals surface area contributed by atoms with Gasteiger partial charge in [-0.25, -0.2) is 10.2 Å². The molecule has 0 saturated heterocycles. The highest BCUT2D eigenvalue weighted by Crippen LogP contribution is 2.19. The van der Waals surface area contributed by atoms with Crippen LogP contribution in [0.25, 0.3) is 0 Å². The molecule has 0 aliphatic heterocycles. The fourth-order valence-corrected chi connectivity index (χ4v) is 2.34. The molecule has 0 spiro atoms. The van der Waals surface area contributed by atoms with E-state index in [2.05, 4.69) is 10.9 Å². The summed E-state index contributed by atoms with van der Waals surface area (Å²) in [5.41, 5.74) is 7.60. The number of nitrogens with zero attached hydrogens (tertiary/aromatic N) is 1. The first-order valence-electron chi connectivity index (χ1n) is 8.47. The average Bonchev–Trinajstić information content (AvgIpc) is 2.62. The molecule has 0 saturated carbocycles. The van der Waals surface area contributed by atoms with Crippen LogP contribution in [0.2, 0.25) is 0 Å². The molecule has 2 aromatic rings. The highest BCUT2D eigenvalue weighted by atomic mass is 16.5.